The van der Waals surface area contributed by atoms with Gasteiger partial charge in [-0.2, -0.15) is 0 Å². The maximum Gasteiger partial charge on any atom is 0.253 e. The molecule has 0 aliphatic rings. The van der Waals surface area contributed by atoms with Gasteiger partial charge in [-0.05, 0) is 67.0 Å². The predicted molar refractivity (Wildman–Crippen MR) is 133 cm³/mol. The number of H-pyrrole nitrogens is 1. The lowest BCUT2D eigenvalue weighted by molar-refractivity contribution is 0.340. The zero-order valence-electron chi connectivity index (χ0n) is 19.1. The summed E-state index contributed by atoms with van der Waals surface area (Å²) in [4.78, 5) is 17.8. The van der Waals surface area contributed by atoms with Gasteiger partial charge >= 0.3 is 0 Å². The lowest BCUT2D eigenvalue weighted by atomic mass is 10.1. The fraction of sp³-hybridized carbons (Fsp3) is 0.360. The monoisotopic (exact) mass is 453 g/mol. The minimum absolute atomic E-state index is 0.118. The summed E-state index contributed by atoms with van der Waals surface area (Å²) in [6.07, 6.45) is 0. The molecule has 6 nitrogen and oxygen atoms in total. The quantitative estimate of drug-likeness (QED) is 0.466. The van der Waals surface area contributed by atoms with Gasteiger partial charge in [-0.1, -0.05) is 26.0 Å². The fourth-order valence-corrected chi connectivity index (χ4v) is 3.58. The molecule has 7 heteroatoms. The van der Waals surface area contributed by atoms with Gasteiger partial charge in [0.05, 0.1) is 20.3 Å². The van der Waals surface area contributed by atoms with Crippen molar-refractivity contribution in [3.05, 3.63) is 70.0 Å². The number of nitrogens with one attached hydrogen (secondary N) is 2. The van der Waals surface area contributed by atoms with Crippen molar-refractivity contribution >= 4 is 28.2 Å². The highest BCUT2D eigenvalue weighted by atomic mass is 32.1. The number of nitrogens with zero attached hydrogens (tertiary/aromatic N) is 1. The van der Waals surface area contributed by atoms with E-state index >= 15 is 0 Å². The maximum atomic E-state index is 12.8. The molecule has 1 heterocycles. The van der Waals surface area contributed by atoms with E-state index in [1.807, 2.05) is 60.4 Å². The summed E-state index contributed by atoms with van der Waals surface area (Å²) in [5.74, 6) is 2.04. The molecule has 0 amide bonds. The largest absolute Gasteiger partial charge is 0.497 e. The average molecular weight is 454 g/mol. The summed E-state index contributed by atoms with van der Waals surface area (Å²) < 4.78 is 10.9. The second-order valence-electron chi connectivity index (χ2n) is 8.09. The van der Waals surface area contributed by atoms with Crippen molar-refractivity contribution < 1.29 is 9.47 Å². The van der Waals surface area contributed by atoms with Gasteiger partial charge in [-0.3, -0.25) is 4.79 Å². The van der Waals surface area contributed by atoms with Gasteiger partial charge in [0.25, 0.3) is 5.56 Å². The molecule has 0 atom stereocenters. The Bertz CT molecular complexity index is 1110. The number of benzene rings is 2. The summed E-state index contributed by atoms with van der Waals surface area (Å²) in [6, 6.07) is 15.5. The molecule has 1 aromatic heterocycles. The molecular weight excluding hydrogens is 422 g/mol. The fourth-order valence-electron chi connectivity index (χ4n) is 3.36. The Morgan fingerprint density at radius 3 is 2.47 bits per heavy atom. The van der Waals surface area contributed by atoms with Gasteiger partial charge in [-0.15, -0.1) is 0 Å². The number of rotatable bonds is 9. The number of thiocarbonyl (C=S) groups is 1. The highest BCUT2D eigenvalue weighted by Crippen LogP contribution is 2.20. The SMILES string of the molecule is CCOc1ccc2[nH]c(=O)c(CN(Cc3ccc(OC)cc3)C(=S)NCC(C)C)cc2c1. The molecule has 3 aromatic rings. The molecule has 32 heavy (non-hydrogen) atoms. The molecule has 0 radical (unpaired) electrons. The van der Waals surface area contributed by atoms with Crippen LogP contribution in [0.3, 0.4) is 0 Å². The molecule has 3 rings (SSSR count). The molecule has 0 saturated heterocycles. The molecule has 0 fully saturated rings. The third kappa shape index (κ3) is 6.23. The highest BCUT2D eigenvalue weighted by molar-refractivity contribution is 7.80. The van der Waals surface area contributed by atoms with Gasteiger partial charge < -0.3 is 24.7 Å². The number of hydrogen-bond acceptors (Lipinski definition) is 4. The number of fused-ring (bicyclic) bond motifs is 1. The first kappa shape index (κ1) is 23.6. The van der Waals surface area contributed by atoms with Gasteiger partial charge in [0.2, 0.25) is 0 Å². The molecule has 0 aliphatic heterocycles. The van der Waals surface area contributed by atoms with E-state index < -0.39 is 0 Å². The smallest absolute Gasteiger partial charge is 0.253 e. The van der Waals surface area contributed by atoms with Crippen molar-refractivity contribution in [2.24, 2.45) is 5.92 Å². The first-order valence-corrected chi connectivity index (χ1v) is 11.2. The molecule has 0 unspecified atom stereocenters. The third-order valence-corrected chi connectivity index (χ3v) is 5.45. The van der Waals surface area contributed by atoms with Crippen LogP contribution in [0.25, 0.3) is 10.9 Å². The number of aromatic nitrogens is 1. The van der Waals surface area contributed by atoms with E-state index in [0.717, 1.165) is 34.5 Å². The summed E-state index contributed by atoms with van der Waals surface area (Å²) in [7, 11) is 1.65. The van der Waals surface area contributed by atoms with E-state index in [-0.39, 0.29) is 5.56 Å². The van der Waals surface area contributed by atoms with E-state index in [9.17, 15) is 4.79 Å². The molecule has 0 spiro atoms. The van der Waals surface area contributed by atoms with Gasteiger partial charge in [-0.25, -0.2) is 0 Å². The molecular formula is C25H31N3O3S. The Kier molecular flexibility index (Phi) is 8.11. The van der Waals surface area contributed by atoms with E-state index in [1.54, 1.807) is 7.11 Å². The Morgan fingerprint density at radius 2 is 1.81 bits per heavy atom. The van der Waals surface area contributed by atoms with Crippen LogP contribution < -0.4 is 20.3 Å². The summed E-state index contributed by atoms with van der Waals surface area (Å²) >= 11 is 5.69. The number of aromatic amines is 1. The Labute approximate surface area is 194 Å². The molecule has 0 aliphatic carbocycles. The minimum Gasteiger partial charge on any atom is -0.497 e. The number of ether oxygens (including phenoxy) is 2. The van der Waals surface area contributed by atoms with E-state index in [1.165, 1.54) is 0 Å². The molecule has 0 bridgehead atoms. The Hall–Kier alpha value is -3.06. The first-order chi connectivity index (χ1) is 15.4. The topological polar surface area (TPSA) is 66.6 Å². The average Bonchev–Trinajstić information content (AvgIpc) is 2.78. The van der Waals surface area contributed by atoms with Gasteiger partial charge in [0.15, 0.2) is 5.11 Å². The maximum absolute atomic E-state index is 12.8. The van der Waals surface area contributed by atoms with Crippen LogP contribution in [0.5, 0.6) is 11.5 Å². The summed E-state index contributed by atoms with van der Waals surface area (Å²) in [6.45, 7) is 8.53. The Morgan fingerprint density at radius 1 is 1.09 bits per heavy atom. The van der Waals surface area contributed by atoms with Crippen LogP contribution in [0.4, 0.5) is 0 Å². The molecule has 2 aromatic carbocycles. The first-order valence-electron chi connectivity index (χ1n) is 10.8. The van der Waals surface area contributed by atoms with Gasteiger partial charge in [0.1, 0.15) is 11.5 Å². The lowest BCUT2D eigenvalue weighted by Crippen LogP contribution is -2.41. The van der Waals surface area contributed by atoms with Crippen molar-refractivity contribution in [3.63, 3.8) is 0 Å². The molecule has 2 N–H and O–H groups in total. The zero-order chi connectivity index (χ0) is 23.1. The third-order valence-electron chi connectivity index (χ3n) is 5.05. The molecule has 170 valence electrons. The Balaban J connectivity index is 1.89. The number of methoxy groups -OCH3 is 1. The van der Waals surface area contributed by atoms with Crippen LogP contribution in [0, 0.1) is 5.92 Å². The van der Waals surface area contributed by atoms with E-state index in [4.69, 9.17) is 21.7 Å². The van der Waals surface area contributed by atoms with E-state index in [2.05, 4.69) is 24.1 Å². The minimum atomic E-state index is -0.118. The van der Waals surface area contributed by atoms with E-state index in [0.29, 0.717) is 36.3 Å². The normalized spacial score (nSPS) is 10.9. The van der Waals surface area contributed by atoms with Crippen LogP contribution in [-0.4, -0.2) is 35.3 Å². The van der Waals surface area contributed by atoms with Crippen molar-refractivity contribution in [1.29, 1.82) is 0 Å². The number of hydrogen-bond donors (Lipinski definition) is 2. The van der Waals surface area contributed by atoms with Crippen molar-refractivity contribution in [2.75, 3.05) is 20.3 Å². The van der Waals surface area contributed by atoms with Crippen LogP contribution in [0.2, 0.25) is 0 Å². The van der Waals surface area contributed by atoms with Crippen LogP contribution in [-0.2, 0) is 13.1 Å². The van der Waals surface area contributed by atoms with Crippen molar-refractivity contribution in [3.8, 4) is 11.5 Å². The summed E-state index contributed by atoms with van der Waals surface area (Å²) in [5.41, 5.74) is 2.39. The highest BCUT2D eigenvalue weighted by Gasteiger charge is 2.15. The zero-order valence-corrected chi connectivity index (χ0v) is 19.9. The van der Waals surface area contributed by atoms with Crippen LogP contribution in [0.1, 0.15) is 31.9 Å². The standard InChI is InChI=1S/C25H31N3O3S/c1-5-31-22-10-11-23-19(13-22)12-20(24(29)27-23)16-28(25(32)26-14-17(2)3)15-18-6-8-21(30-4)9-7-18/h6-13,17H,5,14-16H2,1-4H3,(H,26,32)(H,27,29). The predicted octanol–water partition coefficient (Wildman–Crippen LogP) is 4.47. The second kappa shape index (κ2) is 11.0. The molecule has 0 saturated carbocycles. The van der Waals surface area contributed by atoms with Crippen LogP contribution in [0.15, 0.2) is 53.3 Å². The lowest BCUT2D eigenvalue weighted by Gasteiger charge is -2.26. The van der Waals surface area contributed by atoms with Gasteiger partial charge in [0, 0.05) is 29.6 Å². The number of pyridine rings is 1. The second-order valence-corrected chi connectivity index (χ2v) is 8.48. The van der Waals surface area contributed by atoms with Crippen molar-refractivity contribution in [2.45, 2.75) is 33.9 Å². The van der Waals surface area contributed by atoms with Crippen molar-refractivity contribution in [1.82, 2.24) is 15.2 Å². The van der Waals surface area contributed by atoms with Crippen LogP contribution >= 0.6 is 12.2 Å². The summed E-state index contributed by atoms with van der Waals surface area (Å²) in [5, 5.41) is 4.88.